The summed E-state index contributed by atoms with van der Waals surface area (Å²) in [7, 11) is 0. The van der Waals surface area contributed by atoms with Crippen LogP contribution in [-0.4, -0.2) is 29.7 Å². The van der Waals surface area contributed by atoms with Crippen molar-refractivity contribution >= 4 is 21.6 Å². The highest BCUT2D eigenvalue weighted by atomic mass is 79.9. The highest BCUT2D eigenvalue weighted by Crippen LogP contribution is 2.27. The molecular formula is C13H19BrN2O. The molecule has 1 aromatic rings. The quantitative estimate of drug-likeness (QED) is 0.838. The van der Waals surface area contributed by atoms with E-state index in [0.29, 0.717) is 12.5 Å². The molecule has 1 fully saturated rings. The van der Waals surface area contributed by atoms with Gasteiger partial charge in [0.2, 0.25) is 0 Å². The van der Waals surface area contributed by atoms with Crippen LogP contribution in [0.4, 0.5) is 5.69 Å². The lowest BCUT2D eigenvalue weighted by molar-refractivity contribution is 0.249. The van der Waals surface area contributed by atoms with Gasteiger partial charge in [-0.3, -0.25) is 4.90 Å². The van der Waals surface area contributed by atoms with Crippen LogP contribution in [0.15, 0.2) is 22.7 Å². The smallest absolute Gasteiger partial charge is 0.0461 e. The zero-order chi connectivity index (χ0) is 12.3. The summed E-state index contributed by atoms with van der Waals surface area (Å²) >= 11 is 3.54. The fourth-order valence-corrected chi connectivity index (χ4v) is 2.83. The van der Waals surface area contributed by atoms with Gasteiger partial charge >= 0.3 is 0 Å². The van der Waals surface area contributed by atoms with Crippen LogP contribution in [0.2, 0.25) is 0 Å². The fourth-order valence-electron chi connectivity index (χ4n) is 2.44. The number of likely N-dealkylation sites (tertiary alicyclic amines) is 1. The summed E-state index contributed by atoms with van der Waals surface area (Å²) < 4.78 is 1.02. The van der Waals surface area contributed by atoms with E-state index in [1.54, 1.807) is 0 Å². The van der Waals surface area contributed by atoms with Crippen LogP contribution in [0.5, 0.6) is 0 Å². The standard InChI is InChI=1S/C13H19BrN2O/c14-13-11(2-1-3-12(13)15)9-16-6-4-10(8-16)5-7-17/h1-3,10,17H,4-9,15H2. The second-order valence-electron chi connectivity index (χ2n) is 4.72. The van der Waals surface area contributed by atoms with E-state index in [-0.39, 0.29) is 0 Å². The van der Waals surface area contributed by atoms with Gasteiger partial charge in [-0.1, -0.05) is 12.1 Å². The van der Waals surface area contributed by atoms with Gasteiger partial charge in [0.15, 0.2) is 0 Å². The number of anilines is 1. The normalized spacial score (nSPS) is 20.9. The molecule has 0 bridgehead atoms. The second kappa shape index (κ2) is 5.85. The van der Waals surface area contributed by atoms with Crippen molar-refractivity contribution in [3.8, 4) is 0 Å². The Labute approximate surface area is 111 Å². The summed E-state index contributed by atoms with van der Waals surface area (Å²) in [6.07, 6.45) is 2.12. The largest absolute Gasteiger partial charge is 0.398 e. The zero-order valence-corrected chi connectivity index (χ0v) is 11.5. The topological polar surface area (TPSA) is 49.5 Å². The van der Waals surface area contributed by atoms with E-state index in [0.717, 1.165) is 36.2 Å². The zero-order valence-electron chi connectivity index (χ0n) is 9.90. The maximum absolute atomic E-state index is 8.94. The number of benzene rings is 1. The van der Waals surface area contributed by atoms with Gasteiger partial charge in [0.05, 0.1) is 0 Å². The molecular weight excluding hydrogens is 280 g/mol. The first-order valence-corrected chi connectivity index (χ1v) is 6.86. The molecule has 0 radical (unpaired) electrons. The minimum atomic E-state index is 0.306. The summed E-state index contributed by atoms with van der Waals surface area (Å²) in [5.41, 5.74) is 7.92. The van der Waals surface area contributed by atoms with E-state index in [4.69, 9.17) is 10.8 Å². The van der Waals surface area contributed by atoms with Crippen molar-refractivity contribution in [2.24, 2.45) is 5.92 Å². The summed E-state index contributed by atoms with van der Waals surface area (Å²) in [5.74, 6) is 0.653. The number of nitrogen functional groups attached to an aromatic ring is 1. The van der Waals surface area contributed by atoms with Crippen molar-refractivity contribution in [1.82, 2.24) is 4.90 Å². The Morgan fingerprint density at radius 3 is 3.06 bits per heavy atom. The molecule has 0 amide bonds. The van der Waals surface area contributed by atoms with E-state index < -0.39 is 0 Å². The third-order valence-corrected chi connectivity index (χ3v) is 4.38. The Hall–Kier alpha value is -0.580. The van der Waals surface area contributed by atoms with Crippen molar-refractivity contribution in [1.29, 1.82) is 0 Å². The van der Waals surface area contributed by atoms with Gasteiger partial charge in [0, 0.05) is 29.9 Å². The molecule has 1 aliphatic rings. The Kier molecular flexibility index (Phi) is 4.42. The monoisotopic (exact) mass is 298 g/mol. The molecule has 0 spiro atoms. The molecule has 4 heteroatoms. The molecule has 1 aliphatic heterocycles. The number of aliphatic hydroxyl groups excluding tert-OH is 1. The minimum Gasteiger partial charge on any atom is -0.398 e. The number of hydrogen-bond donors (Lipinski definition) is 2. The molecule has 0 aliphatic carbocycles. The van der Waals surface area contributed by atoms with Crippen LogP contribution in [0, 0.1) is 5.92 Å². The van der Waals surface area contributed by atoms with Crippen molar-refractivity contribution < 1.29 is 5.11 Å². The lowest BCUT2D eigenvalue weighted by Crippen LogP contribution is -2.20. The van der Waals surface area contributed by atoms with Crippen molar-refractivity contribution in [2.45, 2.75) is 19.4 Å². The molecule has 17 heavy (non-hydrogen) atoms. The molecule has 1 atom stereocenters. The number of aliphatic hydroxyl groups is 1. The maximum Gasteiger partial charge on any atom is 0.0461 e. The van der Waals surface area contributed by atoms with Gasteiger partial charge in [-0.25, -0.2) is 0 Å². The Morgan fingerprint density at radius 1 is 1.47 bits per heavy atom. The Bertz CT molecular complexity index is 384. The summed E-state index contributed by atoms with van der Waals surface area (Å²) in [4.78, 5) is 2.43. The second-order valence-corrected chi connectivity index (χ2v) is 5.52. The third-order valence-electron chi connectivity index (χ3n) is 3.41. The third kappa shape index (κ3) is 3.21. The van der Waals surface area contributed by atoms with Crippen LogP contribution < -0.4 is 5.73 Å². The lowest BCUT2D eigenvalue weighted by Gasteiger charge is -2.17. The predicted molar refractivity (Wildman–Crippen MR) is 73.6 cm³/mol. The Morgan fingerprint density at radius 2 is 2.29 bits per heavy atom. The van der Waals surface area contributed by atoms with Crippen molar-refractivity contribution in [3.63, 3.8) is 0 Å². The molecule has 1 heterocycles. The number of rotatable bonds is 4. The highest BCUT2D eigenvalue weighted by Gasteiger charge is 2.22. The summed E-state index contributed by atoms with van der Waals surface area (Å²) in [5, 5.41) is 8.94. The van der Waals surface area contributed by atoms with Gasteiger partial charge < -0.3 is 10.8 Å². The van der Waals surface area contributed by atoms with Crippen LogP contribution in [0.1, 0.15) is 18.4 Å². The average molecular weight is 299 g/mol. The van der Waals surface area contributed by atoms with E-state index in [9.17, 15) is 0 Å². The van der Waals surface area contributed by atoms with E-state index in [1.165, 1.54) is 12.0 Å². The summed E-state index contributed by atoms with van der Waals surface area (Å²) in [6.45, 7) is 3.45. The molecule has 0 saturated carbocycles. The van der Waals surface area contributed by atoms with E-state index in [1.807, 2.05) is 12.1 Å². The van der Waals surface area contributed by atoms with Gasteiger partial charge in [0.25, 0.3) is 0 Å². The van der Waals surface area contributed by atoms with Crippen LogP contribution >= 0.6 is 15.9 Å². The molecule has 1 saturated heterocycles. The van der Waals surface area contributed by atoms with Gasteiger partial charge in [-0.2, -0.15) is 0 Å². The molecule has 3 nitrogen and oxygen atoms in total. The van der Waals surface area contributed by atoms with E-state index >= 15 is 0 Å². The van der Waals surface area contributed by atoms with Gasteiger partial charge in [-0.15, -0.1) is 0 Å². The molecule has 1 aromatic carbocycles. The van der Waals surface area contributed by atoms with Crippen molar-refractivity contribution in [3.05, 3.63) is 28.2 Å². The highest BCUT2D eigenvalue weighted by molar-refractivity contribution is 9.10. The first-order valence-electron chi connectivity index (χ1n) is 6.06. The summed E-state index contributed by atoms with van der Waals surface area (Å²) in [6, 6.07) is 6.02. The van der Waals surface area contributed by atoms with Crippen LogP contribution in [-0.2, 0) is 6.54 Å². The predicted octanol–water partition coefficient (Wildman–Crippen LogP) is 2.24. The number of nitrogens with zero attached hydrogens (tertiary/aromatic N) is 1. The number of hydrogen-bond acceptors (Lipinski definition) is 3. The van der Waals surface area contributed by atoms with Crippen molar-refractivity contribution in [2.75, 3.05) is 25.4 Å². The number of nitrogens with two attached hydrogens (primary N) is 1. The van der Waals surface area contributed by atoms with Gasteiger partial charge in [0.1, 0.15) is 0 Å². The van der Waals surface area contributed by atoms with Gasteiger partial charge in [-0.05, 0) is 52.9 Å². The average Bonchev–Trinajstić information content (AvgIpc) is 2.73. The SMILES string of the molecule is Nc1cccc(CN2CCC(CCO)C2)c1Br. The Balaban J connectivity index is 1.96. The molecule has 3 N–H and O–H groups in total. The first-order chi connectivity index (χ1) is 8.20. The van der Waals surface area contributed by atoms with Crippen LogP contribution in [0.3, 0.4) is 0 Å². The first kappa shape index (κ1) is 12.9. The molecule has 2 rings (SSSR count). The molecule has 94 valence electrons. The lowest BCUT2D eigenvalue weighted by atomic mass is 10.1. The molecule has 1 unspecified atom stereocenters. The van der Waals surface area contributed by atoms with E-state index in [2.05, 4.69) is 26.9 Å². The molecule has 0 aromatic heterocycles. The minimum absolute atomic E-state index is 0.306. The maximum atomic E-state index is 8.94. The fraction of sp³-hybridized carbons (Fsp3) is 0.538. The van der Waals surface area contributed by atoms with Crippen LogP contribution in [0.25, 0.3) is 0 Å². The number of halogens is 1.